The minimum absolute atomic E-state index is 0.214. The van der Waals surface area contributed by atoms with Gasteiger partial charge in [-0.15, -0.1) is 0 Å². The summed E-state index contributed by atoms with van der Waals surface area (Å²) >= 11 is 0. The Morgan fingerprint density at radius 2 is 1.21 bits per heavy atom. The first kappa shape index (κ1) is 27.8. The summed E-state index contributed by atoms with van der Waals surface area (Å²) in [6.07, 6.45) is 20.7. The highest BCUT2D eigenvalue weighted by Gasteiger charge is 2.07. The molecule has 0 amide bonds. The largest absolute Gasteiger partial charge is 0.494 e. The number of carbonyl (C=O) groups excluding carboxylic acids is 1. The van der Waals surface area contributed by atoms with Crippen LogP contribution in [0, 0.1) is 0 Å². The SMILES string of the molecule is CCCCCCCCCCC(=O)Oc1cnc(-c2ccc(OCCCCCCCC)cc2)nc1. The Morgan fingerprint density at radius 3 is 1.79 bits per heavy atom. The van der Waals surface area contributed by atoms with E-state index in [4.69, 9.17) is 9.47 Å². The Balaban J connectivity index is 1.64. The summed E-state index contributed by atoms with van der Waals surface area (Å²) in [5.41, 5.74) is 0.906. The zero-order valence-corrected chi connectivity index (χ0v) is 21.4. The van der Waals surface area contributed by atoms with Gasteiger partial charge in [-0.3, -0.25) is 4.79 Å². The lowest BCUT2D eigenvalue weighted by Gasteiger charge is -2.08. The van der Waals surface area contributed by atoms with Crippen molar-refractivity contribution < 1.29 is 14.3 Å². The molecule has 0 aliphatic rings. The van der Waals surface area contributed by atoms with Gasteiger partial charge in [0.1, 0.15) is 5.75 Å². The van der Waals surface area contributed by atoms with E-state index < -0.39 is 0 Å². The Bertz CT molecular complexity index is 775. The minimum Gasteiger partial charge on any atom is -0.494 e. The number of esters is 1. The summed E-state index contributed by atoms with van der Waals surface area (Å²) in [5.74, 6) is 1.65. The smallest absolute Gasteiger partial charge is 0.311 e. The van der Waals surface area contributed by atoms with Crippen molar-refractivity contribution in [2.24, 2.45) is 0 Å². The topological polar surface area (TPSA) is 61.3 Å². The molecular formula is C29H44N2O3. The molecule has 5 nitrogen and oxygen atoms in total. The molecule has 0 spiro atoms. The van der Waals surface area contributed by atoms with Gasteiger partial charge in [0.25, 0.3) is 0 Å². The number of ether oxygens (including phenoxy) is 2. The van der Waals surface area contributed by atoms with Gasteiger partial charge in [0, 0.05) is 12.0 Å². The van der Waals surface area contributed by atoms with E-state index in [1.165, 1.54) is 70.6 Å². The molecular weight excluding hydrogens is 424 g/mol. The van der Waals surface area contributed by atoms with E-state index in [1.807, 2.05) is 24.3 Å². The number of nitrogens with zero attached hydrogens (tertiary/aromatic N) is 2. The van der Waals surface area contributed by atoms with Crippen LogP contribution in [-0.4, -0.2) is 22.5 Å². The van der Waals surface area contributed by atoms with Crippen LogP contribution in [0.4, 0.5) is 0 Å². The molecule has 0 saturated heterocycles. The van der Waals surface area contributed by atoms with Crippen LogP contribution in [0.3, 0.4) is 0 Å². The minimum atomic E-state index is -0.214. The zero-order chi connectivity index (χ0) is 24.3. The molecule has 0 aliphatic carbocycles. The highest BCUT2D eigenvalue weighted by atomic mass is 16.5. The number of rotatable bonds is 19. The standard InChI is InChI=1S/C29H44N2O3/c1-3-5-7-9-11-12-13-15-17-28(32)34-27-23-30-29(31-24-27)25-18-20-26(21-19-25)33-22-16-14-10-8-6-4-2/h18-21,23-24H,3-17,22H2,1-2H3. The van der Waals surface area contributed by atoms with Crippen LogP contribution in [-0.2, 0) is 4.79 Å². The van der Waals surface area contributed by atoms with Gasteiger partial charge in [0.05, 0.1) is 19.0 Å². The lowest BCUT2D eigenvalue weighted by atomic mass is 10.1. The predicted molar refractivity (Wildman–Crippen MR) is 139 cm³/mol. The summed E-state index contributed by atoms with van der Waals surface area (Å²) in [7, 11) is 0. The number of hydrogen-bond acceptors (Lipinski definition) is 5. The molecule has 0 atom stereocenters. The van der Waals surface area contributed by atoms with Crippen molar-refractivity contribution in [2.75, 3.05) is 6.61 Å². The van der Waals surface area contributed by atoms with E-state index in [2.05, 4.69) is 23.8 Å². The number of unbranched alkanes of at least 4 members (excludes halogenated alkanes) is 12. The van der Waals surface area contributed by atoms with Gasteiger partial charge in [-0.25, -0.2) is 9.97 Å². The third-order valence-electron chi connectivity index (χ3n) is 5.97. The molecule has 0 aliphatic heterocycles. The Morgan fingerprint density at radius 1 is 0.676 bits per heavy atom. The molecule has 5 heteroatoms. The molecule has 1 aromatic carbocycles. The van der Waals surface area contributed by atoms with E-state index in [9.17, 15) is 4.79 Å². The van der Waals surface area contributed by atoms with Gasteiger partial charge in [-0.05, 0) is 37.1 Å². The van der Waals surface area contributed by atoms with Crippen LogP contribution >= 0.6 is 0 Å². The summed E-state index contributed by atoms with van der Waals surface area (Å²) < 4.78 is 11.2. The fourth-order valence-electron chi connectivity index (χ4n) is 3.88. The first-order valence-electron chi connectivity index (χ1n) is 13.5. The molecule has 188 valence electrons. The van der Waals surface area contributed by atoms with Crippen molar-refractivity contribution in [1.82, 2.24) is 9.97 Å². The van der Waals surface area contributed by atoms with Crippen LogP contribution in [0.1, 0.15) is 110 Å². The summed E-state index contributed by atoms with van der Waals surface area (Å²) in [6.45, 7) is 5.22. The zero-order valence-electron chi connectivity index (χ0n) is 21.4. The average Bonchev–Trinajstić information content (AvgIpc) is 2.86. The van der Waals surface area contributed by atoms with Gasteiger partial charge < -0.3 is 9.47 Å². The number of carbonyl (C=O) groups is 1. The Kier molecular flexibility index (Phi) is 14.7. The van der Waals surface area contributed by atoms with E-state index in [0.29, 0.717) is 18.0 Å². The van der Waals surface area contributed by atoms with Gasteiger partial charge in [0.15, 0.2) is 11.6 Å². The van der Waals surface area contributed by atoms with Gasteiger partial charge in [-0.2, -0.15) is 0 Å². The summed E-state index contributed by atoms with van der Waals surface area (Å²) in [6, 6.07) is 7.82. The maximum Gasteiger partial charge on any atom is 0.311 e. The molecule has 0 radical (unpaired) electrons. The Labute approximate surface area is 206 Å². The summed E-state index contributed by atoms with van der Waals surface area (Å²) in [4.78, 5) is 20.8. The maximum atomic E-state index is 12.1. The molecule has 34 heavy (non-hydrogen) atoms. The predicted octanol–water partition coefficient (Wildman–Crippen LogP) is 8.32. The first-order chi connectivity index (χ1) is 16.7. The molecule has 0 bridgehead atoms. The van der Waals surface area contributed by atoms with Crippen molar-refractivity contribution in [2.45, 2.75) is 110 Å². The summed E-state index contributed by atoms with van der Waals surface area (Å²) in [5, 5.41) is 0. The van der Waals surface area contributed by atoms with E-state index in [0.717, 1.165) is 37.2 Å². The lowest BCUT2D eigenvalue weighted by Crippen LogP contribution is -2.08. The molecule has 1 heterocycles. The second-order valence-corrected chi connectivity index (χ2v) is 9.08. The van der Waals surface area contributed by atoms with Crippen molar-refractivity contribution in [1.29, 1.82) is 0 Å². The van der Waals surface area contributed by atoms with Crippen molar-refractivity contribution in [3.8, 4) is 22.9 Å². The number of aromatic nitrogens is 2. The van der Waals surface area contributed by atoms with Crippen molar-refractivity contribution in [3.63, 3.8) is 0 Å². The van der Waals surface area contributed by atoms with E-state index in [-0.39, 0.29) is 5.97 Å². The van der Waals surface area contributed by atoms with Crippen LogP contribution in [0.25, 0.3) is 11.4 Å². The van der Waals surface area contributed by atoms with Crippen LogP contribution < -0.4 is 9.47 Å². The molecule has 2 rings (SSSR count). The van der Waals surface area contributed by atoms with Crippen molar-refractivity contribution in [3.05, 3.63) is 36.7 Å². The van der Waals surface area contributed by atoms with Crippen LogP contribution in [0.2, 0.25) is 0 Å². The molecule has 1 aromatic heterocycles. The second-order valence-electron chi connectivity index (χ2n) is 9.08. The lowest BCUT2D eigenvalue weighted by molar-refractivity contribution is -0.134. The average molecular weight is 469 g/mol. The monoisotopic (exact) mass is 468 g/mol. The molecule has 0 unspecified atom stereocenters. The second kappa shape index (κ2) is 18.0. The highest BCUT2D eigenvalue weighted by molar-refractivity contribution is 5.72. The number of hydrogen-bond donors (Lipinski definition) is 0. The van der Waals surface area contributed by atoms with Gasteiger partial charge in [-0.1, -0.05) is 90.9 Å². The highest BCUT2D eigenvalue weighted by Crippen LogP contribution is 2.21. The number of benzene rings is 1. The van der Waals surface area contributed by atoms with E-state index >= 15 is 0 Å². The molecule has 0 fully saturated rings. The normalized spacial score (nSPS) is 10.9. The van der Waals surface area contributed by atoms with Crippen LogP contribution in [0.15, 0.2) is 36.7 Å². The Hall–Kier alpha value is -2.43. The molecule has 2 aromatic rings. The van der Waals surface area contributed by atoms with Crippen LogP contribution in [0.5, 0.6) is 11.5 Å². The van der Waals surface area contributed by atoms with Gasteiger partial charge in [0.2, 0.25) is 0 Å². The molecule has 0 N–H and O–H groups in total. The van der Waals surface area contributed by atoms with Crippen molar-refractivity contribution >= 4 is 5.97 Å². The first-order valence-corrected chi connectivity index (χ1v) is 13.5. The maximum absolute atomic E-state index is 12.1. The third-order valence-corrected chi connectivity index (χ3v) is 5.97. The quantitative estimate of drug-likeness (QED) is 0.153. The fraction of sp³-hybridized carbons (Fsp3) is 0.621. The molecule has 0 saturated carbocycles. The fourth-order valence-corrected chi connectivity index (χ4v) is 3.88. The van der Waals surface area contributed by atoms with Gasteiger partial charge >= 0.3 is 5.97 Å². The van der Waals surface area contributed by atoms with E-state index in [1.54, 1.807) is 12.4 Å². The third kappa shape index (κ3) is 12.2.